The zero-order valence-electron chi connectivity index (χ0n) is 16.1. The van der Waals surface area contributed by atoms with E-state index in [2.05, 4.69) is 10.6 Å². The first kappa shape index (κ1) is 21.9. The molecule has 2 N–H and O–H groups in total. The third-order valence-electron chi connectivity index (χ3n) is 4.05. The van der Waals surface area contributed by atoms with Crippen molar-refractivity contribution in [1.82, 2.24) is 10.6 Å². The number of rotatable bonds is 11. The Labute approximate surface area is 170 Å². The molecular formula is C22H25N2O5. The van der Waals surface area contributed by atoms with Crippen LogP contribution in [-0.4, -0.2) is 31.1 Å². The molecule has 0 saturated heterocycles. The van der Waals surface area contributed by atoms with Crippen LogP contribution in [-0.2, 0) is 27.5 Å². The molecule has 0 aromatic heterocycles. The average molecular weight is 397 g/mol. The lowest BCUT2D eigenvalue weighted by Crippen LogP contribution is -2.36. The van der Waals surface area contributed by atoms with Crippen LogP contribution in [0.25, 0.3) is 0 Å². The lowest BCUT2D eigenvalue weighted by atomic mass is 10.1. The monoisotopic (exact) mass is 397 g/mol. The Balaban J connectivity index is 1.53. The maximum atomic E-state index is 11.8. The van der Waals surface area contributed by atoms with Crippen molar-refractivity contribution in [2.45, 2.75) is 38.5 Å². The average Bonchev–Trinajstić information content (AvgIpc) is 2.76. The molecule has 2 rings (SSSR count). The fourth-order valence-electron chi connectivity index (χ4n) is 2.51. The number of carbonyl (C=O) groups excluding carboxylic acids is 3. The van der Waals surface area contributed by atoms with Crippen LogP contribution in [0.1, 0.15) is 30.4 Å². The summed E-state index contributed by atoms with van der Waals surface area (Å²) in [6.07, 6.45) is 2.31. The van der Waals surface area contributed by atoms with E-state index in [0.717, 1.165) is 11.1 Å². The molecule has 2 amide bonds. The number of amides is 2. The van der Waals surface area contributed by atoms with Crippen LogP contribution in [0, 0.1) is 0 Å². The number of carbonyl (C=O) groups is 2. The lowest BCUT2D eigenvalue weighted by molar-refractivity contribution is 0.137. The summed E-state index contributed by atoms with van der Waals surface area (Å²) >= 11 is 0. The number of unbranched alkanes of at least 4 members (excludes halogenated alkanes) is 1. The number of alkyl carbamates (subject to hydrolysis) is 2. The Hall–Kier alpha value is -3.35. The number of benzene rings is 2. The van der Waals surface area contributed by atoms with Crippen LogP contribution in [0.15, 0.2) is 60.7 Å². The minimum Gasteiger partial charge on any atom is -0.445 e. The van der Waals surface area contributed by atoms with Gasteiger partial charge in [0.05, 0.1) is 6.04 Å². The van der Waals surface area contributed by atoms with Gasteiger partial charge in [0.2, 0.25) is 6.29 Å². The first-order valence-corrected chi connectivity index (χ1v) is 9.47. The highest BCUT2D eigenvalue weighted by Gasteiger charge is 2.13. The van der Waals surface area contributed by atoms with Gasteiger partial charge in [0.1, 0.15) is 13.2 Å². The molecule has 0 aliphatic carbocycles. The molecule has 1 radical (unpaired) electrons. The molecule has 1 atom stereocenters. The van der Waals surface area contributed by atoms with E-state index in [-0.39, 0.29) is 13.2 Å². The Kier molecular flexibility index (Phi) is 9.79. The Morgan fingerprint density at radius 2 is 1.38 bits per heavy atom. The number of ether oxygens (including phenoxy) is 2. The second kappa shape index (κ2) is 12.9. The molecule has 2 aromatic rings. The minimum atomic E-state index is -0.747. The highest BCUT2D eigenvalue weighted by molar-refractivity contribution is 5.73. The molecule has 0 fully saturated rings. The van der Waals surface area contributed by atoms with E-state index in [0.29, 0.717) is 25.8 Å². The summed E-state index contributed by atoms with van der Waals surface area (Å²) in [5.74, 6) is 0. The summed E-state index contributed by atoms with van der Waals surface area (Å²) in [7, 11) is 0. The fourth-order valence-corrected chi connectivity index (χ4v) is 2.51. The van der Waals surface area contributed by atoms with Gasteiger partial charge in [-0.3, -0.25) is 4.79 Å². The van der Waals surface area contributed by atoms with Crippen LogP contribution in [0.5, 0.6) is 0 Å². The third kappa shape index (κ3) is 9.41. The van der Waals surface area contributed by atoms with E-state index in [4.69, 9.17) is 9.47 Å². The summed E-state index contributed by atoms with van der Waals surface area (Å²) in [5.41, 5.74) is 1.77. The normalized spacial score (nSPS) is 11.2. The zero-order chi connectivity index (χ0) is 20.7. The lowest BCUT2D eigenvalue weighted by Gasteiger charge is -2.12. The minimum absolute atomic E-state index is 0.132. The molecule has 0 aliphatic rings. The zero-order valence-corrected chi connectivity index (χ0v) is 16.1. The van der Waals surface area contributed by atoms with Crippen molar-refractivity contribution in [3.63, 3.8) is 0 Å². The van der Waals surface area contributed by atoms with Gasteiger partial charge in [-0.05, 0) is 30.4 Å². The number of nitrogens with one attached hydrogen (secondary N) is 2. The van der Waals surface area contributed by atoms with E-state index in [1.807, 2.05) is 60.7 Å². The van der Waals surface area contributed by atoms with E-state index < -0.39 is 18.2 Å². The van der Waals surface area contributed by atoms with Gasteiger partial charge >= 0.3 is 12.2 Å². The van der Waals surface area contributed by atoms with Crippen molar-refractivity contribution in [2.75, 3.05) is 6.54 Å². The van der Waals surface area contributed by atoms with Crippen LogP contribution in [0.3, 0.4) is 0 Å². The number of hydrogen-bond acceptors (Lipinski definition) is 5. The van der Waals surface area contributed by atoms with Gasteiger partial charge < -0.3 is 20.1 Å². The smallest absolute Gasteiger partial charge is 0.408 e. The van der Waals surface area contributed by atoms with Crippen LogP contribution in [0.2, 0.25) is 0 Å². The molecule has 0 unspecified atom stereocenters. The van der Waals surface area contributed by atoms with Crippen molar-refractivity contribution >= 4 is 18.5 Å². The molecule has 0 aliphatic heterocycles. The predicted octanol–water partition coefficient (Wildman–Crippen LogP) is 3.49. The fraction of sp³-hybridized carbons (Fsp3) is 0.318. The maximum Gasteiger partial charge on any atom is 0.408 e. The summed E-state index contributed by atoms with van der Waals surface area (Å²) in [4.78, 5) is 34.4. The van der Waals surface area contributed by atoms with E-state index in [9.17, 15) is 14.4 Å². The first-order chi connectivity index (χ1) is 14.2. The van der Waals surface area contributed by atoms with Gasteiger partial charge in [0.15, 0.2) is 0 Å². The third-order valence-corrected chi connectivity index (χ3v) is 4.05. The van der Waals surface area contributed by atoms with E-state index in [1.165, 1.54) is 0 Å². The molecule has 0 bridgehead atoms. The Morgan fingerprint density at radius 1 is 0.828 bits per heavy atom. The van der Waals surface area contributed by atoms with Gasteiger partial charge in [-0.25, -0.2) is 9.59 Å². The van der Waals surface area contributed by atoms with Gasteiger partial charge in [0, 0.05) is 6.54 Å². The largest absolute Gasteiger partial charge is 0.445 e. The first-order valence-electron chi connectivity index (χ1n) is 9.47. The molecule has 7 nitrogen and oxygen atoms in total. The van der Waals surface area contributed by atoms with Crippen LogP contribution in [0.4, 0.5) is 9.59 Å². The molecule has 0 saturated carbocycles. The molecule has 0 heterocycles. The second-order valence-corrected chi connectivity index (χ2v) is 6.36. The molecule has 153 valence electrons. The van der Waals surface area contributed by atoms with Gasteiger partial charge in [-0.2, -0.15) is 0 Å². The molecule has 2 aromatic carbocycles. The van der Waals surface area contributed by atoms with Crippen molar-refractivity contribution < 1.29 is 23.9 Å². The molecule has 29 heavy (non-hydrogen) atoms. The number of hydrogen-bond donors (Lipinski definition) is 2. The van der Waals surface area contributed by atoms with E-state index >= 15 is 0 Å². The topological polar surface area (TPSA) is 93.7 Å². The highest BCUT2D eigenvalue weighted by atomic mass is 16.6. The summed E-state index contributed by atoms with van der Waals surface area (Å²) in [6.45, 7) is 0.759. The van der Waals surface area contributed by atoms with Gasteiger partial charge in [-0.15, -0.1) is 0 Å². The second-order valence-electron chi connectivity index (χ2n) is 6.36. The summed E-state index contributed by atoms with van der Waals surface area (Å²) in [5, 5.41) is 5.13. The Bertz CT molecular complexity index is 752. The summed E-state index contributed by atoms with van der Waals surface area (Å²) < 4.78 is 10.2. The SMILES string of the molecule is O=[C][C@@H](CCCCNC(=O)OCc1ccccc1)NC(=O)OCc1ccccc1. The molecular weight excluding hydrogens is 372 g/mol. The highest BCUT2D eigenvalue weighted by Crippen LogP contribution is 2.03. The molecule has 0 spiro atoms. The van der Waals surface area contributed by atoms with Crippen molar-refractivity contribution in [2.24, 2.45) is 0 Å². The summed E-state index contributed by atoms with van der Waals surface area (Å²) in [6, 6.07) is 17.9. The quantitative estimate of drug-likeness (QED) is 0.566. The Morgan fingerprint density at radius 3 is 1.93 bits per heavy atom. The van der Waals surface area contributed by atoms with Gasteiger partial charge in [0.25, 0.3) is 0 Å². The van der Waals surface area contributed by atoms with Gasteiger partial charge in [-0.1, -0.05) is 60.7 Å². The predicted molar refractivity (Wildman–Crippen MR) is 108 cm³/mol. The van der Waals surface area contributed by atoms with E-state index in [1.54, 1.807) is 6.29 Å². The van der Waals surface area contributed by atoms with Crippen molar-refractivity contribution in [3.8, 4) is 0 Å². The maximum absolute atomic E-state index is 11.8. The van der Waals surface area contributed by atoms with Crippen LogP contribution >= 0.6 is 0 Å². The van der Waals surface area contributed by atoms with Crippen LogP contribution < -0.4 is 10.6 Å². The standard InChI is InChI=1S/C22H25N2O5/c25-15-20(24-22(27)29-17-19-11-5-2-6-12-19)13-7-8-14-23-21(26)28-16-18-9-3-1-4-10-18/h1-6,9-12,20H,7-8,13-14,16-17H2,(H,23,26)(H,24,27)/t20-/m1/s1. The van der Waals surface area contributed by atoms with Crippen molar-refractivity contribution in [1.29, 1.82) is 0 Å². The molecule has 7 heteroatoms. The van der Waals surface area contributed by atoms with Crippen molar-refractivity contribution in [3.05, 3.63) is 71.8 Å².